The highest BCUT2D eigenvalue weighted by molar-refractivity contribution is 5.78. The number of pyridine rings is 1. The maximum absolute atomic E-state index is 13.7. The largest absolute Gasteiger partial charge is 0.382 e. The average molecular weight is 253 g/mol. The third kappa shape index (κ3) is 2.20. The lowest BCUT2D eigenvalue weighted by Gasteiger charge is -2.12. The van der Waals surface area contributed by atoms with Crippen LogP contribution in [0.1, 0.15) is 17.4 Å². The van der Waals surface area contributed by atoms with Crippen LogP contribution in [-0.4, -0.2) is 10.1 Å². The second-order valence-electron chi connectivity index (χ2n) is 4.35. The quantitative estimate of drug-likeness (QED) is 0.758. The molecular formula is C16H12FNO. The van der Waals surface area contributed by atoms with Crippen LogP contribution in [0.2, 0.25) is 0 Å². The Bertz CT molecular complexity index is 727. The van der Waals surface area contributed by atoms with Gasteiger partial charge in [-0.05, 0) is 18.2 Å². The highest BCUT2D eigenvalue weighted by atomic mass is 19.1. The number of nitrogens with zero attached hydrogens (tertiary/aromatic N) is 1. The Morgan fingerprint density at radius 2 is 1.63 bits per heavy atom. The zero-order chi connectivity index (χ0) is 13.2. The normalized spacial score (nSPS) is 12.5. The van der Waals surface area contributed by atoms with Crippen molar-refractivity contribution in [2.45, 2.75) is 6.10 Å². The number of aliphatic hydroxyl groups excluding tert-OH is 1. The van der Waals surface area contributed by atoms with Gasteiger partial charge in [0.25, 0.3) is 0 Å². The van der Waals surface area contributed by atoms with Crippen molar-refractivity contribution in [2.24, 2.45) is 0 Å². The standard InChI is InChI=1S/C16H12FNO/c17-13-7-3-2-6-12(13)16(19)15-10-9-11-5-1-4-8-14(11)18-15/h1-10,16,19H. The van der Waals surface area contributed by atoms with Crippen molar-refractivity contribution in [3.63, 3.8) is 0 Å². The first-order valence-electron chi connectivity index (χ1n) is 6.04. The van der Waals surface area contributed by atoms with Gasteiger partial charge in [-0.15, -0.1) is 0 Å². The summed E-state index contributed by atoms with van der Waals surface area (Å²) in [5.41, 5.74) is 1.48. The molecule has 2 aromatic carbocycles. The van der Waals surface area contributed by atoms with Gasteiger partial charge in [-0.25, -0.2) is 9.37 Å². The Balaban J connectivity index is 2.07. The van der Waals surface area contributed by atoms with Crippen LogP contribution in [0.4, 0.5) is 4.39 Å². The smallest absolute Gasteiger partial charge is 0.129 e. The van der Waals surface area contributed by atoms with Crippen LogP contribution in [0.3, 0.4) is 0 Å². The van der Waals surface area contributed by atoms with Crippen molar-refractivity contribution in [2.75, 3.05) is 0 Å². The minimum atomic E-state index is -1.05. The summed E-state index contributed by atoms with van der Waals surface area (Å²) in [6, 6.07) is 17.4. The van der Waals surface area contributed by atoms with Crippen LogP contribution >= 0.6 is 0 Å². The molecule has 19 heavy (non-hydrogen) atoms. The molecule has 0 bridgehead atoms. The molecule has 0 aliphatic heterocycles. The van der Waals surface area contributed by atoms with Gasteiger partial charge in [-0.2, -0.15) is 0 Å². The summed E-state index contributed by atoms with van der Waals surface area (Å²) in [4.78, 5) is 4.38. The van der Waals surface area contributed by atoms with Crippen LogP contribution in [0, 0.1) is 5.82 Å². The molecule has 0 spiro atoms. The molecule has 1 heterocycles. The van der Waals surface area contributed by atoms with E-state index in [0.29, 0.717) is 5.69 Å². The molecule has 2 nitrogen and oxygen atoms in total. The monoisotopic (exact) mass is 253 g/mol. The molecule has 3 aromatic rings. The highest BCUT2D eigenvalue weighted by Crippen LogP contribution is 2.24. The predicted molar refractivity (Wildman–Crippen MR) is 72.2 cm³/mol. The van der Waals surface area contributed by atoms with Gasteiger partial charge in [-0.3, -0.25) is 0 Å². The molecule has 0 amide bonds. The third-order valence-corrected chi connectivity index (χ3v) is 3.10. The summed E-state index contributed by atoms with van der Waals surface area (Å²) in [6.07, 6.45) is -1.05. The predicted octanol–water partition coefficient (Wildman–Crippen LogP) is 3.46. The Morgan fingerprint density at radius 3 is 2.47 bits per heavy atom. The van der Waals surface area contributed by atoms with Crippen molar-refractivity contribution < 1.29 is 9.50 Å². The Kier molecular flexibility index (Phi) is 2.97. The van der Waals surface area contributed by atoms with Crippen LogP contribution in [0.15, 0.2) is 60.7 Å². The fourth-order valence-corrected chi connectivity index (χ4v) is 2.09. The van der Waals surface area contributed by atoms with Gasteiger partial charge in [0.15, 0.2) is 0 Å². The summed E-state index contributed by atoms with van der Waals surface area (Å²) in [7, 11) is 0. The molecule has 0 fully saturated rings. The van der Waals surface area contributed by atoms with Gasteiger partial charge in [0.1, 0.15) is 11.9 Å². The van der Waals surface area contributed by atoms with E-state index in [0.717, 1.165) is 10.9 Å². The number of halogens is 1. The Morgan fingerprint density at radius 1 is 0.895 bits per heavy atom. The number of aliphatic hydroxyl groups is 1. The van der Waals surface area contributed by atoms with Crippen molar-refractivity contribution in [1.29, 1.82) is 0 Å². The first kappa shape index (κ1) is 11.8. The first-order valence-corrected chi connectivity index (χ1v) is 6.04. The van der Waals surface area contributed by atoms with Crippen LogP contribution < -0.4 is 0 Å². The lowest BCUT2D eigenvalue weighted by atomic mass is 10.0. The number of hydrogen-bond acceptors (Lipinski definition) is 2. The first-order chi connectivity index (χ1) is 9.25. The van der Waals surface area contributed by atoms with Crippen LogP contribution in [-0.2, 0) is 0 Å². The van der Waals surface area contributed by atoms with Crippen molar-refractivity contribution in [1.82, 2.24) is 4.98 Å². The summed E-state index contributed by atoms with van der Waals surface area (Å²) in [5, 5.41) is 11.2. The molecule has 0 saturated carbocycles. The number of fused-ring (bicyclic) bond motifs is 1. The zero-order valence-electron chi connectivity index (χ0n) is 10.1. The minimum absolute atomic E-state index is 0.241. The number of rotatable bonds is 2. The van der Waals surface area contributed by atoms with Crippen LogP contribution in [0.25, 0.3) is 10.9 Å². The van der Waals surface area contributed by atoms with E-state index in [4.69, 9.17) is 0 Å². The van der Waals surface area contributed by atoms with E-state index < -0.39 is 11.9 Å². The van der Waals surface area contributed by atoms with Gasteiger partial charge < -0.3 is 5.11 Å². The van der Waals surface area contributed by atoms with E-state index >= 15 is 0 Å². The van der Waals surface area contributed by atoms with E-state index in [-0.39, 0.29) is 5.56 Å². The van der Waals surface area contributed by atoms with Gasteiger partial charge in [-0.1, -0.05) is 42.5 Å². The van der Waals surface area contributed by atoms with Crippen LogP contribution in [0.5, 0.6) is 0 Å². The summed E-state index contributed by atoms with van der Waals surface area (Å²) >= 11 is 0. The van der Waals surface area contributed by atoms with E-state index in [2.05, 4.69) is 4.98 Å². The highest BCUT2D eigenvalue weighted by Gasteiger charge is 2.15. The maximum atomic E-state index is 13.7. The summed E-state index contributed by atoms with van der Waals surface area (Å²) in [6.45, 7) is 0. The number of aromatic nitrogens is 1. The maximum Gasteiger partial charge on any atom is 0.129 e. The lowest BCUT2D eigenvalue weighted by molar-refractivity contribution is 0.210. The molecule has 0 saturated heterocycles. The van der Waals surface area contributed by atoms with Crippen molar-refractivity contribution >= 4 is 10.9 Å². The van der Waals surface area contributed by atoms with E-state index in [1.165, 1.54) is 6.07 Å². The number of para-hydroxylation sites is 1. The fourth-order valence-electron chi connectivity index (χ4n) is 2.09. The molecule has 0 aliphatic rings. The molecule has 1 atom stereocenters. The lowest BCUT2D eigenvalue weighted by Crippen LogP contribution is -2.04. The summed E-state index contributed by atoms with van der Waals surface area (Å²) < 4.78 is 13.7. The molecule has 94 valence electrons. The topological polar surface area (TPSA) is 33.1 Å². The molecule has 1 N–H and O–H groups in total. The van der Waals surface area contributed by atoms with Crippen molar-refractivity contribution in [3.05, 3.63) is 77.7 Å². The fraction of sp³-hybridized carbons (Fsp3) is 0.0625. The van der Waals surface area contributed by atoms with E-state index in [9.17, 15) is 9.50 Å². The molecule has 1 unspecified atom stereocenters. The SMILES string of the molecule is OC(c1ccc2ccccc2n1)c1ccccc1F. The molecule has 0 aliphatic carbocycles. The van der Waals surface area contributed by atoms with E-state index in [1.807, 2.05) is 30.3 Å². The Labute approximate surface area is 110 Å². The number of hydrogen-bond donors (Lipinski definition) is 1. The molecule has 1 aromatic heterocycles. The molecule has 3 heteroatoms. The summed E-state index contributed by atoms with van der Waals surface area (Å²) in [5.74, 6) is -0.426. The second-order valence-corrected chi connectivity index (χ2v) is 4.35. The molecule has 0 radical (unpaired) electrons. The van der Waals surface area contributed by atoms with Gasteiger partial charge in [0.05, 0.1) is 11.2 Å². The number of benzene rings is 2. The minimum Gasteiger partial charge on any atom is -0.382 e. The zero-order valence-corrected chi connectivity index (χ0v) is 10.1. The third-order valence-electron chi connectivity index (χ3n) is 3.10. The van der Waals surface area contributed by atoms with E-state index in [1.54, 1.807) is 24.3 Å². The molecular weight excluding hydrogens is 241 g/mol. The van der Waals surface area contributed by atoms with Gasteiger partial charge in [0.2, 0.25) is 0 Å². The van der Waals surface area contributed by atoms with Gasteiger partial charge >= 0.3 is 0 Å². The Hall–Kier alpha value is -2.26. The molecule has 3 rings (SSSR count). The van der Waals surface area contributed by atoms with Gasteiger partial charge in [0, 0.05) is 10.9 Å². The average Bonchev–Trinajstić information content (AvgIpc) is 2.46. The van der Waals surface area contributed by atoms with Crippen molar-refractivity contribution in [3.8, 4) is 0 Å². The second kappa shape index (κ2) is 4.78.